The maximum absolute atomic E-state index is 14.1. The van der Waals surface area contributed by atoms with Crippen LogP contribution in [0.4, 0.5) is 11.4 Å². The first kappa shape index (κ1) is 33.8. The smallest absolute Gasteiger partial charge is 0.255 e. The Balaban J connectivity index is 0.00000506. The molecule has 0 bridgehead atoms. The highest BCUT2D eigenvalue weighted by atomic mass is 35.5. The first-order valence-electron chi connectivity index (χ1n) is 13.8. The molecule has 4 rings (SSSR count). The summed E-state index contributed by atoms with van der Waals surface area (Å²) in [5, 5.41) is 48.1. The Bertz CT molecular complexity index is 1430. The summed E-state index contributed by atoms with van der Waals surface area (Å²) in [6.07, 6.45) is 0.130. The number of phenols is 1. The number of likely N-dealkylation sites (N-methyl/N-ethyl adjacent to an activating group) is 2. The molecule has 0 saturated heterocycles. The Morgan fingerprint density at radius 1 is 1.09 bits per heavy atom. The molecule has 2 amide bonds. The van der Waals surface area contributed by atoms with E-state index >= 15 is 0 Å². The first-order valence-corrected chi connectivity index (χ1v) is 13.8. The van der Waals surface area contributed by atoms with Crippen LogP contribution in [0.3, 0.4) is 0 Å². The fraction of sp³-hybridized carbons (Fsp3) is 0.517. The summed E-state index contributed by atoms with van der Waals surface area (Å²) < 4.78 is 0. The van der Waals surface area contributed by atoms with Gasteiger partial charge < -0.3 is 36.4 Å². The second kappa shape index (κ2) is 12.2. The van der Waals surface area contributed by atoms with Crippen LogP contribution < -0.4 is 16.0 Å². The summed E-state index contributed by atoms with van der Waals surface area (Å²) in [4.78, 5) is 57.6. The molecule has 0 fully saturated rings. The van der Waals surface area contributed by atoms with Crippen molar-refractivity contribution in [3.05, 3.63) is 39.9 Å². The van der Waals surface area contributed by atoms with Crippen LogP contribution in [-0.2, 0) is 20.8 Å². The SMILES string of the molecule is CCN(CC)CC(=O)Nc1cc(N(C)C)c2c(c1O)C(=O)C1=C(O)C3(O)C(=O)C(C(N)=O)=C(O)[C@@H](N(C)C)C3CC1C2.Cl. The van der Waals surface area contributed by atoms with Gasteiger partial charge in [-0.15, -0.1) is 12.4 Å². The van der Waals surface area contributed by atoms with Crippen LogP contribution in [0.5, 0.6) is 5.75 Å². The molecule has 236 valence electrons. The number of aliphatic hydroxyl groups is 3. The van der Waals surface area contributed by atoms with E-state index in [0.717, 1.165) is 0 Å². The molecule has 14 heteroatoms. The molecule has 0 saturated carbocycles. The van der Waals surface area contributed by atoms with Crippen LogP contribution in [0.15, 0.2) is 28.7 Å². The lowest BCUT2D eigenvalue weighted by molar-refractivity contribution is -0.148. The van der Waals surface area contributed by atoms with Crippen molar-refractivity contribution in [2.45, 2.75) is 38.3 Å². The number of aliphatic hydroxyl groups excluding tert-OH is 2. The summed E-state index contributed by atoms with van der Waals surface area (Å²) in [6.45, 7) is 5.16. The molecule has 43 heavy (non-hydrogen) atoms. The number of carbonyl (C=O) groups is 4. The Hall–Kier alpha value is -3.65. The summed E-state index contributed by atoms with van der Waals surface area (Å²) in [7, 11) is 6.64. The zero-order valence-electron chi connectivity index (χ0n) is 25.1. The number of primary amides is 1. The number of allylic oxidation sites excluding steroid dienone is 1. The van der Waals surface area contributed by atoms with Crippen LogP contribution >= 0.6 is 12.4 Å². The van der Waals surface area contributed by atoms with Gasteiger partial charge in [-0.25, -0.2) is 0 Å². The van der Waals surface area contributed by atoms with E-state index in [9.17, 15) is 39.6 Å². The Kier molecular flexibility index (Phi) is 9.57. The number of aromatic hydroxyl groups is 1. The Morgan fingerprint density at radius 2 is 1.70 bits per heavy atom. The van der Waals surface area contributed by atoms with Gasteiger partial charge in [-0.2, -0.15) is 0 Å². The van der Waals surface area contributed by atoms with E-state index in [1.807, 2.05) is 18.7 Å². The predicted octanol–water partition coefficient (Wildman–Crippen LogP) is 0.889. The molecule has 0 aromatic heterocycles. The normalized spacial score (nSPS) is 24.8. The summed E-state index contributed by atoms with van der Waals surface area (Å²) in [6, 6.07) is 0.510. The summed E-state index contributed by atoms with van der Waals surface area (Å²) in [5.41, 5.74) is 2.39. The molecular formula is C29H40ClN5O8. The van der Waals surface area contributed by atoms with E-state index in [1.54, 1.807) is 39.2 Å². The van der Waals surface area contributed by atoms with E-state index < -0.39 is 69.7 Å². The number of fused-ring (bicyclic) bond motifs is 3. The van der Waals surface area contributed by atoms with Gasteiger partial charge in [0.1, 0.15) is 17.1 Å². The van der Waals surface area contributed by atoms with Crippen molar-refractivity contribution >= 4 is 47.2 Å². The molecule has 4 atom stereocenters. The van der Waals surface area contributed by atoms with Crippen LogP contribution in [-0.4, -0.2) is 113 Å². The third kappa shape index (κ3) is 5.24. The van der Waals surface area contributed by atoms with Crippen molar-refractivity contribution in [3.8, 4) is 5.75 Å². The molecule has 1 aromatic carbocycles. The first-order chi connectivity index (χ1) is 19.6. The average Bonchev–Trinajstić information content (AvgIpc) is 2.90. The zero-order valence-corrected chi connectivity index (χ0v) is 25.9. The summed E-state index contributed by atoms with van der Waals surface area (Å²) in [5.74, 6) is -7.67. The number of nitrogens with one attached hydrogen (secondary N) is 1. The van der Waals surface area contributed by atoms with Gasteiger partial charge in [-0.1, -0.05) is 13.8 Å². The highest BCUT2D eigenvalue weighted by Crippen LogP contribution is 2.53. The monoisotopic (exact) mass is 621 g/mol. The maximum atomic E-state index is 14.1. The molecule has 0 radical (unpaired) electrons. The fourth-order valence-electron chi connectivity index (χ4n) is 6.63. The summed E-state index contributed by atoms with van der Waals surface area (Å²) >= 11 is 0. The van der Waals surface area contributed by atoms with Crippen LogP contribution in [0.1, 0.15) is 36.2 Å². The van der Waals surface area contributed by atoms with Crippen LogP contribution in [0.25, 0.3) is 0 Å². The molecule has 7 N–H and O–H groups in total. The lowest BCUT2D eigenvalue weighted by atomic mass is 9.58. The lowest BCUT2D eigenvalue weighted by Gasteiger charge is -2.50. The van der Waals surface area contributed by atoms with E-state index in [0.29, 0.717) is 24.3 Å². The molecule has 3 aliphatic rings. The van der Waals surface area contributed by atoms with Gasteiger partial charge in [0.05, 0.1) is 23.8 Å². The van der Waals surface area contributed by atoms with Gasteiger partial charge in [0.15, 0.2) is 17.1 Å². The Morgan fingerprint density at radius 3 is 2.21 bits per heavy atom. The largest absolute Gasteiger partial charge is 0.510 e. The fourth-order valence-corrected chi connectivity index (χ4v) is 6.63. The van der Waals surface area contributed by atoms with E-state index in [1.165, 1.54) is 4.90 Å². The Labute approximate surface area is 256 Å². The molecule has 0 aliphatic heterocycles. The second-order valence-corrected chi connectivity index (χ2v) is 11.5. The minimum absolute atomic E-state index is 0. The molecule has 0 spiro atoms. The van der Waals surface area contributed by atoms with E-state index in [2.05, 4.69) is 5.32 Å². The lowest BCUT2D eigenvalue weighted by Crippen LogP contribution is -2.63. The number of anilines is 2. The minimum atomic E-state index is -2.72. The van der Waals surface area contributed by atoms with Gasteiger partial charge in [-0.3, -0.25) is 29.0 Å². The number of ketones is 2. The second-order valence-electron chi connectivity index (χ2n) is 11.5. The number of carbonyl (C=O) groups excluding carboxylic acids is 4. The number of hydrogen-bond donors (Lipinski definition) is 6. The van der Waals surface area contributed by atoms with Gasteiger partial charge in [0, 0.05) is 31.3 Å². The van der Waals surface area contributed by atoms with Gasteiger partial charge in [0.25, 0.3) is 5.91 Å². The van der Waals surface area contributed by atoms with Crippen LogP contribution in [0, 0.1) is 11.8 Å². The third-order valence-electron chi connectivity index (χ3n) is 8.72. The van der Waals surface area contributed by atoms with E-state index in [-0.39, 0.29) is 48.6 Å². The van der Waals surface area contributed by atoms with Crippen molar-refractivity contribution < 1.29 is 39.6 Å². The van der Waals surface area contributed by atoms with Gasteiger partial charge in [0.2, 0.25) is 11.7 Å². The highest BCUT2D eigenvalue weighted by Gasteiger charge is 2.63. The predicted molar refractivity (Wildman–Crippen MR) is 162 cm³/mol. The van der Waals surface area contributed by atoms with Gasteiger partial charge in [-0.05, 0) is 57.6 Å². The molecule has 0 heterocycles. The van der Waals surface area contributed by atoms with E-state index in [4.69, 9.17) is 5.73 Å². The average molecular weight is 622 g/mol. The number of nitrogens with two attached hydrogens (primary N) is 1. The van der Waals surface area contributed by atoms with Crippen molar-refractivity contribution in [2.24, 2.45) is 17.6 Å². The quantitative estimate of drug-likeness (QED) is 0.178. The minimum Gasteiger partial charge on any atom is -0.510 e. The van der Waals surface area contributed by atoms with Crippen molar-refractivity contribution in [1.82, 2.24) is 9.80 Å². The number of amides is 2. The topological polar surface area (TPSA) is 197 Å². The maximum Gasteiger partial charge on any atom is 0.255 e. The number of hydrogen-bond acceptors (Lipinski definition) is 11. The number of halogens is 1. The zero-order chi connectivity index (χ0) is 31.4. The van der Waals surface area contributed by atoms with Crippen molar-refractivity contribution in [1.29, 1.82) is 0 Å². The molecular weight excluding hydrogens is 582 g/mol. The molecule has 3 unspecified atom stereocenters. The van der Waals surface area contributed by atoms with Crippen molar-refractivity contribution in [2.75, 3.05) is 58.0 Å². The third-order valence-corrected chi connectivity index (χ3v) is 8.72. The highest BCUT2D eigenvalue weighted by molar-refractivity contribution is 6.25. The molecule has 3 aliphatic carbocycles. The standard InChI is InChI=1S/C29H39N5O8.ClH/c1-7-34(8-2)12-18(35)31-16-11-17(32(3)4)14-9-13-10-15-22(33(5)6)25(38)21(28(30)41)27(40)29(15,42)26(39)19(13)24(37)20(14)23(16)36;/h11,13,15,22,36,38-39,42H,7-10,12H2,1-6H3,(H2,30,41)(H,31,35);1H/t13?,15?,22-,29?;/m0./s1. The number of phenolic OH excluding ortho intramolecular Hbond substituents is 1. The number of nitrogens with zero attached hydrogens (tertiary/aromatic N) is 3. The molecule has 1 aromatic rings. The number of Topliss-reactive ketones (excluding diaryl/α,β-unsaturated/α-hetero) is 2. The number of benzene rings is 1. The van der Waals surface area contributed by atoms with Gasteiger partial charge >= 0.3 is 0 Å². The van der Waals surface area contributed by atoms with Crippen molar-refractivity contribution in [3.63, 3.8) is 0 Å². The number of rotatable bonds is 8. The molecule has 13 nitrogen and oxygen atoms in total. The van der Waals surface area contributed by atoms with Crippen LogP contribution in [0.2, 0.25) is 0 Å².